The Balaban J connectivity index is 2.12. The van der Waals surface area contributed by atoms with E-state index in [2.05, 4.69) is 24.1 Å². The zero-order valence-corrected chi connectivity index (χ0v) is 12.7. The van der Waals surface area contributed by atoms with Gasteiger partial charge in [0.2, 0.25) is 0 Å². The number of aromatic hydroxyl groups is 1. The molecule has 0 spiro atoms. The maximum Gasteiger partial charge on any atom is 0.141 e. The van der Waals surface area contributed by atoms with Gasteiger partial charge in [-0.3, -0.25) is 4.98 Å². The van der Waals surface area contributed by atoms with Crippen molar-refractivity contribution in [1.82, 2.24) is 10.3 Å². The molecule has 1 aliphatic rings. The Labute approximate surface area is 121 Å². The van der Waals surface area contributed by atoms with Gasteiger partial charge >= 0.3 is 0 Å². The summed E-state index contributed by atoms with van der Waals surface area (Å²) in [5, 5.41) is 23.1. The fourth-order valence-electron chi connectivity index (χ4n) is 3.12. The zero-order valence-electron chi connectivity index (χ0n) is 12.7. The van der Waals surface area contributed by atoms with Crippen LogP contribution in [0.5, 0.6) is 5.75 Å². The number of aliphatic hydroxyl groups excluding tert-OH is 1. The van der Waals surface area contributed by atoms with Crippen molar-refractivity contribution in [1.29, 1.82) is 0 Å². The molecule has 0 amide bonds. The van der Waals surface area contributed by atoms with Crippen molar-refractivity contribution in [3.05, 3.63) is 23.0 Å². The van der Waals surface area contributed by atoms with Crippen LogP contribution >= 0.6 is 0 Å². The molecule has 4 nitrogen and oxygen atoms in total. The topological polar surface area (TPSA) is 65.4 Å². The molecule has 2 rings (SSSR count). The molecule has 1 aromatic rings. The minimum Gasteiger partial charge on any atom is -0.506 e. The number of hydrogen-bond donors (Lipinski definition) is 3. The molecule has 4 heteroatoms. The van der Waals surface area contributed by atoms with Gasteiger partial charge in [0.25, 0.3) is 0 Å². The van der Waals surface area contributed by atoms with Crippen molar-refractivity contribution in [3.8, 4) is 5.75 Å². The van der Waals surface area contributed by atoms with Crippen LogP contribution in [-0.2, 0) is 13.2 Å². The minimum absolute atomic E-state index is 0.0914. The molecule has 1 atom stereocenters. The van der Waals surface area contributed by atoms with Crippen LogP contribution < -0.4 is 5.32 Å². The van der Waals surface area contributed by atoms with Crippen LogP contribution in [0, 0.1) is 12.3 Å². The van der Waals surface area contributed by atoms with Gasteiger partial charge in [0.1, 0.15) is 5.75 Å². The summed E-state index contributed by atoms with van der Waals surface area (Å²) in [6, 6.07) is 0.454. The molecule has 1 unspecified atom stereocenters. The van der Waals surface area contributed by atoms with Crippen LogP contribution in [-0.4, -0.2) is 21.2 Å². The average Bonchev–Trinajstić information content (AvgIpc) is 2.41. The van der Waals surface area contributed by atoms with Crippen LogP contribution in [0.15, 0.2) is 6.20 Å². The van der Waals surface area contributed by atoms with Crippen LogP contribution in [0.25, 0.3) is 0 Å². The molecular weight excluding hydrogens is 252 g/mol. The van der Waals surface area contributed by atoms with Gasteiger partial charge in [-0.05, 0) is 25.2 Å². The SMILES string of the molecule is Cc1ncc(CO)c(CNC2CCCCC2(C)C)c1O. The van der Waals surface area contributed by atoms with Crippen molar-refractivity contribution in [2.75, 3.05) is 0 Å². The van der Waals surface area contributed by atoms with Gasteiger partial charge in [-0.1, -0.05) is 26.7 Å². The van der Waals surface area contributed by atoms with E-state index >= 15 is 0 Å². The summed E-state index contributed by atoms with van der Waals surface area (Å²) in [5.41, 5.74) is 2.38. The highest BCUT2D eigenvalue weighted by Gasteiger charge is 2.31. The lowest BCUT2D eigenvalue weighted by atomic mass is 9.73. The van der Waals surface area contributed by atoms with Gasteiger partial charge in [-0.15, -0.1) is 0 Å². The minimum atomic E-state index is -0.0914. The monoisotopic (exact) mass is 278 g/mol. The van der Waals surface area contributed by atoms with E-state index in [4.69, 9.17) is 0 Å². The third kappa shape index (κ3) is 3.13. The zero-order chi connectivity index (χ0) is 14.8. The van der Waals surface area contributed by atoms with Gasteiger partial charge < -0.3 is 15.5 Å². The first-order chi connectivity index (χ1) is 9.45. The number of aryl methyl sites for hydroxylation is 1. The van der Waals surface area contributed by atoms with E-state index in [0.717, 1.165) is 5.56 Å². The second-order valence-corrected chi connectivity index (χ2v) is 6.52. The molecule has 0 aromatic carbocycles. The van der Waals surface area contributed by atoms with E-state index < -0.39 is 0 Å². The molecule has 0 saturated heterocycles. The summed E-state index contributed by atoms with van der Waals surface area (Å²) in [6.07, 6.45) is 6.62. The van der Waals surface area contributed by atoms with Gasteiger partial charge in [-0.2, -0.15) is 0 Å². The van der Waals surface area contributed by atoms with Crippen LogP contribution in [0.1, 0.15) is 56.4 Å². The highest BCUT2D eigenvalue weighted by atomic mass is 16.3. The van der Waals surface area contributed by atoms with Gasteiger partial charge in [-0.25, -0.2) is 0 Å². The molecule has 1 aromatic heterocycles. The molecule has 1 heterocycles. The van der Waals surface area contributed by atoms with Crippen molar-refractivity contribution in [3.63, 3.8) is 0 Å². The predicted molar refractivity (Wildman–Crippen MR) is 79.4 cm³/mol. The van der Waals surface area contributed by atoms with E-state index in [1.807, 2.05) is 0 Å². The summed E-state index contributed by atoms with van der Waals surface area (Å²) in [6.45, 7) is 6.87. The second-order valence-electron chi connectivity index (χ2n) is 6.52. The molecule has 20 heavy (non-hydrogen) atoms. The van der Waals surface area contributed by atoms with Gasteiger partial charge in [0.05, 0.1) is 12.3 Å². The quantitative estimate of drug-likeness (QED) is 0.792. The summed E-state index contributed by atoms with van der Waals surface area (Å²) in [7, 11) is 0. The van der Waals surface area contributed by atoms with E-state index in [-0.39, 0.29) is 17.8 Å². The van der Waals surface area contributed by atoms with Crippen LogP contribution in [0.3, 0.4) is 0 Å². The number of aromatic nitrogens is 1. The second kappa shape index (κ2) is 6.10. The number of pyridine rings is 1. The highest BCUT2D eigenvalue weighted by molar-refractivity contribution is 5.40. The van der Waals surface area contributed by atoms with Crippen LogP contribution in [0.2, 0.25) is 0 Å². The van der Waals surface area contributed by atoms with Crippen molar-refractivity contribution in [2.45, 2.75) is 65.6 Å². The maximum atomic E-state index is 10.2. The van der Waals surface area contributed by atoms with E-state index in [9.17, 15) is 10.2 Å². The van der Waals surface area contributed by atoms with Gasteiger partial charge in [0, 0.05) is 29.9 Å². The number of nitrogens with zero attached hydrogens (tertiary/aromatic N) is 1. The van der Waals surface area contributed by atoms with Crippen LogP contribution in [0.4, 0.5) is 0 Å². The van der Waals surface area contributed by atoms with E-state index in [0.29, 0.717) is 23.8 Å². The molecule has 0 radical (unpaired) electrons. The summed E-state index contributed by atoms with van der Waals surface area (Å²) in [5.74, 6) is 0.206. The maximum absolute atomic E-state index is 10.2. The summed E-state index contributed by atoms with van der Waals surface area (Å²) < 4.78 is 0. The molecule has 1 fully saturated rings. The third-order valence-corrected chi connectivity index (χ3v) is 4.63. The van der Waals surface area contributed by atoms with Crippen molar-refractivity contribution >= 4 is 0 Å². The largest absolute Gasteiger partial charge is 0.506 e. The lowest BCUT2D eigenvalue weighted by molar-refractivity contribution is 0.166. The average molecular weight is 278 g/mol. The Kier molecular flexibility index (Phi) is 4.66. The molecule has 3 N–H and O–H groups in total. The molecular formula is C16H26N2O2. The number of hydrogen-bond acceptors (Lipinski definition) is 4. The lowest BCUT2D eigenvalue weighted by Crippen LogP contribution is -2.43. The fourth-order valence-corrected chi connectivity index (χ4v) is 3.12. The fraction of sp³-hybridized carbons (Fsp3) is 0.688. The molecule has 0 bridgehead atoms. The number of rotatable bonds is 4. The summed E-state index contributed by atoms with van der Waals surface area (Å²) >= 11 is 0. The lowest BCUT2D eigenvalue weighted by Gasteiger charge is -2.39. The smallest absolute Gasteiger partial charge is 0.141 e. The summed E-state index contributed by atoms with van der Waals surface area (Å²) in [4.78, 5) is 4.10. The normalized spacial score (nSPS) is 21.9. The van der Waals surface area contributed by atoms with Crippen molar-refractivity contribution < 1.29 is 10.2 Å². The predicted octanol–water partition coefficient (Wildman–Crippen LogP) is 2.65. The Morgan fingerprint density at radius 2 is 2.15 bits per heavy atom. The molecule has 112 valence electrons. The number of nitrogens with one attached hydrogen (secondary N) is 1. The first-order valence-corrected chi connectivity index (χ1v) is 7.46. The first-order valence-electron chi connectivity index (χ1n) is 7.46. The third-order valence-electron chi connectivity index (χ3n) is 4.63. The van der Waals surface area contributed by atoms with E-state index in [1.54, 1.807) is 13.1 Å². The van der Waals surface area contributed by atoms with Crippen molar-refractivity contribution in [2.24, 2.45) is 5.41 Å². The Morgan fingerprint density at radius 1 is 1.40 bits per heavy atom. The molecule has 1 saturated carbocycles. The Morgan fingerprint density at radius 3 is 2.80 bits per heavy atom. The molecule has 1 aliphatic carbocycles. The number of aliphatic hydroxyl groups is 1. The van der Waals surface area contributed by atoms with Gasteiger partial charge in [0.15, 0.2) is 0 Å². The Hall–Kier alpha value is -1.13. The Bertz CT molecular complexity index is 472. The highest BCUT2D eigenvalue weighted by Crippen LogP contribution is 2.36. The standard InChI is InChI=1S/C16H26N2O2/c1-11-15(20)13(12(10-19)8-17-11)9-18-14-6-4-5-7-16(14,2)3/h8,14,18-20H,4-7,9-10H2,1-3H3. The first kappa shape index (κ1) is 15.3. The van der Waals surface area contributed by atoms with E-state index in [1.165, 1.54) is 25.7 Å². The molecule has 0 aliphatic heterocycles.